The van der Waals surface area contributed by atoms with Crippen molar-refractivity contribution in [2.75, 3.05) is 6.01 Å². The minimum Gasteiger partial charge on any atom is -0.302 e. The Hall–Kier alpha value is -0.690. The van der Waals surface area contributed by atoms with Crippen LogP contribution in [0.4, 0.5) is 17.6 Å². The zero-order valence-corrected chi connectivity index (χ0v) is 16.6. The fraction of sp³-hybridized carbons (Fsp3) is 0.154. The molecule has 2 rings (SSSR count). The van der Waals surface area contributed by atoms with Crippen molar-refractivity contribution in [1.29, 1.82) is 5.26 Å². The lowest BCUT2D eigenvalue weighted by atomic mass is 10.2. The summed E-state index contributed by atoms with van der Waals surface area (Å²) in [7, 11) is 6.15. The molecule has 13 heteroatoms. The molecular formula is C13H5Cl5F4N2OS. The first-order valence-corrected chi connectivity index (χ1v) is 11.2. The van der Waals surface area contributed by atoms with Gasteiger partial charge in [-0.15, -0.1) is 0 Å². The van der Waals surface area contributed by atoms with Gasteiger partial charge < -0.3 is 4.57 Å². The van der Waals surface area contributed by atoms with Crippen LogP contribution in [0.25, 0.3) is 5.69 Å². The smallest absolute Gasteiger partial charge is 0.302 e. The summed E-state index contributed by atoms with van der Waals surface area (Å²) in [5.41, 5.74) is -1.91. The van der Waals surface area contributed by atoms with E-state index in [1.165, 1.54) is 0 Å². The molecule has 0 aliphatic carbocycles. The fourth-order valence-electron chi connectivity index (χ4n) is 2.03. The van der Waals surface area contributed by atoms with Crippen LogP contribution in [0.15, 0.2) is 23.2 Å². The van der Waals surface area contributed by atoms with Crippen molar-refractivity contribution >= 4 is 63.7 Å². The average Bonchev–Trinajstić information content (AvgIpc) is 2.83. The molecule has 3 nitrogen and oxygen atoms in total. The number of aromatic nitrogens is 1. The van der Waals surface area contributed by atoms with Gasteiger partial charge in [-0.05, 0) is 33.5 Å². The summed E-state index contributed by atoms with van der Waals surface area (Å²) in [4.78, 5) is -0.632. The van der Waals surface area contributed by atoms with Crippen molar-refractivity contribution in [3.8, 4) is 11.8 Å². The molecule has 0 aliphatic heterocycles. The van der Waals surface area contributed by atoms with E-state index in [-0.39, 0.29) is 5.69 Å². The van der Waals surface area contributed by atoms with Gasteiger partial charge >= 0.3 is 6.18 Å². The molecule has 0 amide bonds. The Kier molecular flexibility index (Phi) is 5.59. The summed E-state index contributed by atoms with van der Waals surface area (Å²) in [6, 6.07) is 1.01. The highest BCUT2D eigenvalue weighted by Gasteiger charge is 2.40. The number of benzene rings is 1. The first-order valence-electron chi connectivity index (χ1n) is 6.24. The summed E-state index contributed by atoms with van der Waals surface area (Å²) in [6.45, 7) is 0. The summed E-state index contributed by atoms with van der Waals surface area (Å²) < 4.78 is 64.9. The van der Waals surface area contributed by atoms with Gasteiger partial charge in [-0.2, -0.15) is 18.4 Å². The molecule has 142 valence electrons. The van der Waals surface area contributed by atoms with E-state index in [2.05, 4.69) is 0 Å². The zero-order valence-electron chi connectivity index (χ0n) is 12.1. The molecule has 0 saturated carbocycles. The highest BCUT2D eigenvalue weighted by molar-refractivity contribution is 8.53. The Morgan fingerprint density at radius 3 is 2.04 bits per heavy atom. The van der Waals surface area contributed by atoms with E-state index in [0.717, 1.165) is 10.8 Å². The lowest BCUT2D eigenvalue weighted by Gasteiger charge is -2.23. The molecule has 0 spiro atoms. The number of halogens is 9. The third-order valence-corrected chi connectivity index (χ3v) is 7.14. The molecule has 0 aliphatic rings. The average molecular weight is 491 g/mol. The van der Waals surface area contributed by atoms with Crippen LogP contribution in [0, 0.1) is 11.3 Å². The van der Waals surface area contributed by atoms with Crippen molar-refractivity contribution in [1.82, 2.24) is 4.57 Å². The quantitative estimate of drug-likeness (QED) is 0.353. The number of hydrogen-bond donors (Lipinski definition) is 0. The molecule has 1 aromatic heterocycles. The SMILES string of the molecule is N#Cc1c(S(=O)(Cl)(Cl)CF)cn(-c2c(Cl)cc(C(F)(F)F)cc2Cl)c1Cl. The van der Waals surface area contributed by atoms with Gasteiger partial charge in [-0.3, -0.25) is 0 Å². The molecule has 0 radical (unpaired) electrons. The minimum atomic E-state index is -5.11. The monoisotopic (exact) mass is 488 g/mol. The largest absolute Gasteiger partial charge is 0.416 e. The third kappa shape index (κ3) is 3.79. The van der Waals surface area contributed by atoms with E-state index in [1.54, 1.807) is 6.07 Å². The first kappa shape index (κ1) is 21.6. The van der Waals surface area contributed by atoms with Gasteiger partial charge in [-0.25, -0.2) is 8.60 Å². The Morgan fingerprint density at radius 1 is 1.15 bits per heavy atom. The predicted molar refractivity (Wildman–Crippen MR) is 94.6 cm³/mol. The van der Waals surface area contributed by atoms with Gasteiger partial charge in [0.05, 0.1) is 33.7 Å². The van der Waals surface area contributed by atoms with E-state index in [4.69, 9.17) is 56.2 Å². The van der Waals surface area contributed by atoms with Crippen LogP contribution in [0.1, 0.15) is 11.1 Å². The molecule has 0 fully saturated rings. The van der Waals surface area contributed by atoms with Gasteiger partial charge in [-0.1, -0.05) is 34.8 Å². The van der Waals surface area contributed by atoms with Gasteiger partial charge in [0, 0.05) is 6.20 Å². The Labute approximate surface area is 168 Å². The number of hydrogen-bond acceptors (Lipinski definition) is 2. The highest BCUT2D eigenvalue weighted by Crippen LogP contribution is 2.50. The maximum absolute atomic E-state index is 13.2. The van der Waals surface area contributed by atoms with Crippen molar-refractivity contribution in [2.45, 2.75) is 11.1 Å². The van der Waals surface area contributed by atoms with Gasteiger partial charge in [0.1, 0.15) is 16.8 Å². The predicted octanol–water partition coefficient (Wildman–Crippen LogP) is 6.74. The van der Waals surface area contributed by atoms with Crippen LogP contribution in [-0.2, 0) is 13.7 Å². The molecule has 0 bridgehead atoms. The van der Waals surface area contributed by atoms with Crippen LogP contribution in [0.2, 0.25) is 15.2 Å². The lowest BCUT2D eigenvalue weighted by Crippen LogP contribution is -2.19. The molecule has 0 saturated heterocycles. The van der Waals surface area contributed by atoms with Crippen molar-refractivity contribution in [2.24, 2.45) is 0 Å². The first-order chi connectivity index (χ1) is 11.7. The van der Waals surface area contributed by atoms with Gasteiger partial charge in [0.25, 0.3) is 0 Å². The van der Waals surface area contributed by atoms with Crippen molar-refractivity contribution < 1.29 is 21.8 Å². The highest BCUT2D eigenvalue weighted by atomic mass is 36.0. The van der Waals surface area contributed by atoms with Gasteiger partial charge in [0.2, 0.25) is 0 Å². The molecule has 0 atom stereocenters. The van der Waals surface area contributed by atoms with Crippen LogP contribution in [-0.4, -0.2) is 14.8 Å². The molecule has 26 heavy (non-hydrogen) atoms. The van der Waals surface area contributed by atoms with Crippen molar-refractivity contribution in [3.05, 3.63) is 44.7 Å². The number of nitriles is 1. The zero-order chi connectivity index (χ0) is 20.1. The second-order valence-electron chi connectivity index (χ2n) is 4.94. The third-order valence-electron chi connectivity index (χ3n) is 3.20. The van der Waals surface area contributed by atoms with E-state index < -0.39 is 50.9 Å². The molecular weight excluding hydrogens is 485 g/mol. The van der Waals surface area contributed by atoms with Crippen LogP contribution < -0.4 is 0 Å². The van der Waals surface area contributed by atoms with Gasteiger partial charge in [0.15, 0.2) is 6.01 Å². The second kappa shape index (κ2) is 6.73. The second-order valence-corrected chi connectivity index (χ2v) is 13.0. The molecule has 1 aromatic carbocycles. The van der Waals surface area contributed by atoms with E-state index in [1.807, 2.05) is 0 Å². The summed E-state index contributed by atoms with van der Waals surface area (Å²) >= 11 is 17.8. The summed E-state index contributed by atoms with van der Waals surface area (Å²) in [5, 5.41) is 7.78. The number of nitrogens with zero attached hydrogens (tertiary/aromatic N) is 2. The summed E-state index contributed by atoms with van der Waals surface area (Å²) in [5.74, 6) is 0. The fourth-order valence-corrected chi connectivity index (χ4v) is 4.68. The Morgan fingerprint density at radius 2 is 1.65 bits per heavy atom. The van der Waals surface area contributed by atoms with E-state index >= 15 is 0 Å². The van der Waals surface area contributed by atoms with Crippen LogP contribution >= 0.6 is 56.2 Å². The Balaban J connectivity index is 2.83. The maximum atomic E-state index is 13.2. The van der Waals surface area contributed by atoms with Crippen molar-refractivity contribution in [3.63, 3.8) is 0 Å². The van der Waals surface area contributed by atoms with Crippen LogP contribution in [0.3, 0.4) is 0 Å². The molecule has 1 heterocycles. The lowest BCUT2D eigenvalue weighted by molar-refractivity contribution is -0.137. The maximum Gasteiger partial charge on any atom is 0.416 e. The van der Waals surface area contributed by atoms with Crippen LogP contribution in [0.5, 0.6) is 0 Å². The number of alkyl halides is 4. The normalized spacial score (nSPS) is 13.9. The minimum absolute atomic E-state index is 0.260. The Bertz CT molecular complexity index is 982. The van der Waals surface area contributed by atoms with E-state index in [9.17, 15) is 27.0 Å². The standard InChI is InChI=1S/C13H5Cl5F4N2OS/c14-8-1-6(13(20,21)22)2-9(15)11(8)24-4-10(7(3-23)12(24)16)26(17,18,25)5-19/h1-2,4H,5H2. The molecule has 0 N–H and O–H groups in total. The summed E-state index contributed by atoms with van der Waals surface area (Å²) in [6.07, 6.45) is -3.87. The topological polar surface area (TPSA) is 45.8 Å². The molecule has 2 aromatic rings. The van der Waals surface area contributed by atoms with E-state index in [0.29, 0.717) is 12.1 Å². The molecule has 0 unspecified atom stereocenters. The number of rotatable bonds is 3.